The molecule has 0 saturated carbocycles. The van der Waals surface area contributed by atoms with Gasteiger partial charge in [0.25, 0.3) is 5.91 Å². The standard InChI is InChI=1S/C25H14BrF7N6O/c26-17-12-38(11-13-1-5-15(27)6-2-13)37-22(17)35-23(40)19-10-21-34-18(14-3-7-16(28)8-4-14)9-20(39(21)36-19)24(29,30)25(31,32)33/h1-10,12H,11H2,(H,35,37,40). The molecule has 0 bridgehead atoms. The Labute approximate surface area is 228 Å². The van der Waals surface area contributed by atoms with E-state index in [4.69, 9.17) is 0 Å². The summed E-state index contributed by atoms with van der Waals surface area (Å²) in [5, 5.41) is 10.3. The molecule has 0 fully saturated rings. The van der Waals surface area contributed by atoms with Crippen LogP contribution in [0.5, 0.6) is 0 Å². The SMILES string of the molecule is O=C(Nc1nn(Cc2ccc(F)cc2)cc1Br)c1cc2nc(-c3ccc(F)cc3)cc(C(F)(F)C(F)(F)F)n2n1. The summed E-state index contributed by atoms with van der Waals surface area (Å²) < 4.78 is 97.6. The van der Waals surface area contributed by atoms with E-state index in [1.165, 1.54) is 23.0 Å². The molecule has 0 aliphatic heterocycles. The quantitative estimate of drug-likeness (QED) is 0.216. The van der Waals surface area contributed by atoms with Gasteiger partial charge in [-0.15, -0.1) is 0 Å². The molecule has 1 N–H and O–H groups in total. The summed E-state index contributed by atoms with van der Waals surface area (Å²) in [6.45, 7) is 0.217. The summed E-state index contributed by atoms with van der Waals surface area (Å²) in [6.07, 6.45) is -4.47. The Bertz CT molecular complexity index is 1710. The maximum Gasteiger partial charge on any atom is 0.459 e. The van der Waals surface area contributed by atoms with E-state index < -0.39 is 46.7 Å². The third-order valence-corrected chi connectivity index (χ3v) is 6.26. The largest absolute Gasteiger partial charge is 0.459 e. The van der Waals surface area contributed by atoms with Gasteiger partial charge in [-0.1, -0.05) is 12.1 Å². The number of nitrogens with one attached hydrogen (secondary N) is 1. The van der Waals surface area contributed by atoms with Crippen LogP contribution in [0.25, 0.3) is 16.9 Å². The van der Waals surface area contributed by atoms with Gasteiger partial charge in [0.1, 0.15) is 17.3 Å². The first-order chi connectivity index (χ1) is 18.8. The molecule has 15 heteroatoms. The van der Waals surface area contributed by atoms with Gasteiger partial charge >= 0.3 is 12.1 Å². The summed E-state index contributed by atoms with van der Waals surface area (Å²) in [4.78, 5) is 17.0. The molecular formula is C25H14BrF7N6O. The number of carbonyl (C=O) groups is 1. The van der Waals surface area contributed by atoms with E-state index in [2.05, 4.69) is 36.4 Å². The van der Waals surface area contributed by atoms with Crippen molar-refractivity contribution in [1.29, 1.82) is 0 Å². The van der Waals surface area contributed by atoms with Gasteiger partial charge in [-0.25, -0.2) is 18.3 Å². The number of hydrogen-bond donors (Lipinski definition) is 1. The number of benzene rings is 2. The van der Waals surface area contributed by atoms with Crippen molar-refractivity contribution in [3.63, 3.8) is 0 Å². The predicted octanol–water partition coefficient (Wildman–Crippen LogP) is 6.59. The third-order valence-electron chi connectivity index (χ3n) is 5.68. The highest BCUT2D eigenvalue weighted by atomic mass is 79.9. The van der Waals surface area contributed by atoms with Crippen molar-refractivity contribution in [2.24, 2.45) is 0 Å². The van der Waals surface area contributed by atoms with Gasteiger partial charge in [-0.2, -0.15) is 32.1 Å². The second-order valence-corrected chi connectivity index (χ2v) is 9.36. The fourth-order valence-corrected chi connectivity index (χ4v) is 4.15. The smallest absolute Gasteiger partial charge is 0.303 e. The molecule has 0 aliphatic carbocycles. The molecule has 206 valence electrons. The Morgan fingerprint density at radius 1 is 0.900 bits per heavy atom. The fourth-order valence-electron chi connectivity index (χ4n) is 3.73. The lowest BCUT2D eigenvalue weighted by Gasteiger charge is -2.21. The minimum atomic E-state index is -5.99. The van der Waals surface area contributed by atoms with Crippen LogP contribution in [0.3, 0.4) is 0 Å². The zero-order valence-corrected chi connectivity index (χ0v) is 21.3. The number of rotatable bonds is 6. The molecule has 1 amide bonds. The second kappa shape index (κ2) is 10.0. The van der Waals surface area contributed by atoms with E-state index in [0.717, 1.165) is 30.3 Å². The summed E-state index contributed by atoms with van der Waals surface area (Å²) >= 11 is 3.23. The zero-order chi connectivity index (χ0) is 28.8. The van der Waals surface area contributed by atoms with Crippen molar-refractivity contribution >= 4 is 33.3 Å². The number of alkyl halides is 5. The Balaban J connectivity index is 1.49. The average molecular weight is 627 g/mol. The first-order valence-corrected chi connectivity index (χ1v) is 12.0. The Kier molecular flexibility index (Phi) is 6.85. The maximum atomic E-state index is 14.6. The molecule has 3 heterocycles. The van der Waals surface area contributed by atoms with E-state index in [9.17, 15) is 35.5 Å². The zero-order valence-electron chi connectivity index (χ0n) is 19.7. The minimum Gasteiger partial charge on any atom is -0.303 e. The van der Waals surface area contributed by atoms with Crippen LogP contribution in [-0.4, -0.2) is 36.5 Å². The van der Waals surface area contributed by atoms with Crippen molar-refractivity contribution in [2.45, 2.75) is 18.6 Å². The van der Waals surface area contributed by atoms with E-state index >= 15 is 0 Å². The molecule has 3 aromatic heterocycles. The van der Waals surface area contributed by atoms with Crippen molar-refractivity contribution in [3.8, 4) is 11.3 Å². The van der Waals surface area contributed by atoms with Crippen LogP contribution in [0.15, 0.2) is 71.3 Å². The summed E-state index contributed by atoms with van der Waals surface area (Å²) in [5.41, 5.74) is -2.15. The van der Waals surface area contributed by atoms with Crippen molar-refractivity contribution < 1.29 is 35.5 Å². The van der Waals surface area contributed by atoms with Crippen molar-refractivity contribution in [3.05, 3.63) is 99.9 Å². The molecule has 5 rings (SSSR count). The number of aromatic nitrogens is 5. The van der Waals surface area contributed by atoms with E-state index in [-0.39, 0.29) is 28.1 Å². The molecular weight excluding hydrogens is 613 g/mol. The number of halogens is 8. The highest BCUT2D eigenvalue weighted by Gasteiger charge is 2.60. The number of carbonyl (C=O) groups excluding carboxylic acids is 1. The second-order valence-electron chi connectivity index (χ2n) is 8.51. The number of fused-ring (bicyclic) bond motifs is 1. The predicted molar refractivity (Wildman–Crippen MR) is 132 cm³/mol. The van der Waals surface area contributed by atoms with Gasteiger partial charge in [0.05, 0.1) is 16.7 Å². The maximum absolute atomic E-state index is 14.6. The molecule has 5 aromatic rings. The number of hydrogen-bond acceptors (Lipinski definition) is 4. The van der Waals surface area contributed by atoms with Crippen LogP contribution >= 0.6 is 15.9 Å². The summed E-state index contributed by atoms with van der Waals surface area (Å²) in [6, 6.07) is 11.3. The van der Waals surface area contributed by atoms with Crippen LogP contribution in [0.4, 0.5) is 36.6 Å². The van der Waals surface area contributed by atoms with Crippen LogP contribution in [0.1, 0.15) is 21.7 Å². The molecule has 0 spiro atoms. The lowest BCUT2D eigenvalue weighted by atomic mass is 10.1. The molecule has 0 radical (unpaired) electrons. The summed E-state index contributed by atoms with van der Waals surface area (Å²) in [5.74, 6) is -7.40. The molecule has 0 atom stereocenters. The normalized spacial score (nSPS) is 12.2. The Morgan fingerprint density at radius 2 is 1.52 bits per heavy atom. The van der Waals surface area contributed by atoms with Gasteiger partial charge in [-0.05, 0) is 64.0 Å². The van der Waals surface area contributed by atoms with Gasteiger partial charge in [0.2, 0.25) is 0 Å². The van der Waals surface area contributed by atoms with Gasteiger partial charge in [0, 0.05) is 17.8 Å². The Hall–Kier alpha value is -4.27. The van der Waals surface area contributed by atoms with E-state index in [0.29, 0.717) is 16.1 Å². The number of nitrogens with zero attached hydrogens (tertiary/aromatic N) is 5. The van der Waals surface area contributed by atoms with Gasteiger partial charge < -0.3 is 5.32 Å². The molecule has 2 aromatic carbocycles. The first-order valence-electron chi connectivity index (χ1n) is 11.2. The van der Waals surface area contributed by atoms with Crippen LogP contribution < -0.4 is 5.32 Å². The monoisotopic (exact) mass is 626 g/mol. The number of amides is 1. The summed E-state index contributed by atoms with van der Waals surface area (Å²) in [7, 11) is 0. The first kappa shape index (κ1) is 27.3. The molecule has 0 aliphatic rings. The number of anilines is 1. The van der Waals surface area contributed by atoms with Crippen molar-refractivity contribution in [2.75, 3.05) is 5.32 Å². The topological polar surface area (TPSA) is 77.1 Å². The van der Waals surface area contributed by atoms with Gasteiger partial charge in [-0.3, -0.25) is 9.48 Å². The Morgan fingerprint density at radius 3 is 2.15 bits per heavy atom. The third kappa shape index (κ3) is 5.28. The highest BCUT2D eigenvalue weighted by molar-refractivity contribution is 9.10. The van der Waals surface area contributed by atoms with Crippen LogP contribution in [0.2, 0.25) is 0 Å². The molecule has 0 saturated heterocycles. The van der Waals surface area contributed by atoms with Crippen LogP contribution in [-0.2, 0) is 12.5 Å². The molecule has 40 heavy (non-hydrogen) atoms. The van der Waals surface area contributed by atoms with Crippen LogP contribution in [0, 0.1) is 11.6 Å². The average Bonchev–Trinajstić information content (AvgIpc) is 3.47. The van der Waals surface area contributed by atoms with Crippen molar-refractivity contribution in [1.82, 2.24) is 24.4 Å². The fraction of sp³-hybridized carbons (Fsp3) is 0.120. The lowest BCUT2D eigenvalue weighted by molar-refractivity contribution is -0.291. The lowest BCUT2D eigenvalue weighted by Crippen LogP contribution is -2.36. The highest BCUT2D eigenvalue weighted by Crippen LogP contribution is 2.44. The van der Waals surface area contributed by atoms with E-state index in [1.807, 2.05) is 0 Å². The van der Waals surface area contributed by atoms with E-state index in [1.54, 1.807) is 12.1 Å². The molecule has 0 unspecified atom stereocenters. The minimum absolute atomic E-state index is 0.00460. The van der Waals surface area contributed by atoms with Gasteiger partial charge in [0.15, 0.2) is 17.2 Å². The molecule has 7 nitrogen and oxygen atoms in total.